The Morgan fingerprint density at radius 2 is 1.70 bits per heavy atom. The first-order valence-electron chi connectivity index (χ1n) is 15.5. The maximum Gasteiger partial charge on any atom is 0.323 e. The van der Waals surface area contributed by atoms with Crippen LogP contribution in [0.5, 0.6) is 5.75 Å². The van der Waals surface area contributed by atoms with Crippen LogP contribution in [0.15, 0.2) is 103 Å². The number of anilines is 4. The Balaban J connectivity index is 1.07. The summed E-state index contributed by atoms with van der Waals surface area (Å²) < 4.78 is 13.5. The van der Waals surface area contributed by atoms with Gasteiger partial charge in [-0.2, -0.15) is 0 Å². The van der Waals surface area contributed by atoms with E-state index in [0.29, 0.717) is 29.6 Å². The molecule has 7 rings (SSSR count). The van der Waals surface area contributed by atoms with Gasteiger partial charge in [0.1, 0.15) is 11.4 Å². The van der Waals surface area contributed by atoms with Gasteiger partial charge in [-0.1, -0.05) is 36.4 Å². The number of hydrogen-bond donors (Lipinski definition) is 3. The van der Waals surface area contributed by atoms with E-state index in [1.807, 2.05) is 101 Å². The van der Waals surface area contributed by atoms with Gasteiger partial charge in [0.25, 0.3) is 0 Å². The number of fused-ring (bicyclic) bond motifs is 1. The average molecular weight is 647 g/mol. The molecule has 1 aliphatic rings. The lowest BCUT2D eigenvalue weighted by Crippen LogP contribution is -2.37. The van der Waals surface area contributed by atoms with E-state index in [9.17, 15) is 4.79 Å². The van der Waals surface area contributed by atoms with Crippen LogP contribution in [-0.2, 0) is 4.74 Å². The molecule has 12 heteroatoms. The van der Waals surface area contributed by atoms with Crippen molar-refractivity contribution < 1.29 is 14.3 Å². The van der Waals surface area contributed by atoms with Crippen LogP contribution >= 0.6 is 11.3 Å². The van der Waals surface area contributed by atoms with E-state index in [1.165, 1.54) is 0 Å². The molecule has 3 aromatic carbocycles. The van der Waals surface area contributed by atoms with Gasteiger partial charge in [0.2, 0.25) is 5.95 Å². The molecule has 0 bridgehead atoms. The van der Waals surface area contributed by atoms with E-state index in [1.54, 1.807) is 17.5 Å². The number of amides is 2. The second kappa shape index (κ2) is 14.4. The van der Waals surface area contributed by atoms with Crippen LogP contribution in [0.2, 0.25) is 0 Å². The predicted molar refractivity (Wildman–Crippen MR) is 186 cm³/mol. The minimum Gasteiger partial charge on any atom is -0.493 e. The quantitative estimate of drug-likeness (QED) is 0.129. The SMILES string of the molecule is O=C(Nc1ccccc1)Nc1cccc(-c2nc3sccn3c2-c2ccnc(Nc3cccc(OCCCN4CCOCC4)c3)n2)c1. The summed E-state index contributed by atoms with van der Waals surface area (Å²) in [6, 6.07) is 26.3. The molecule has 3 N–H and O–H groups in total. The summed E-state index contributed by atoms with van der Waals surface area (Å²) in [6.45, 7) is 5.21. The van der Waals surface area contributed by atoms with Gasteiger partial charge < -0.3 is 25.4 Å². The van der Waals surface area contributed by atoms with Crippen LogP contribution < -0.4 is 20.7 Å². The lowest BCUT2D eigenvalue weighted by atomic mass is 10.1. The van der Waals surface area contributed by atoms with E-state index in [4.69, 9.17) is 19.4 Å². The van der Waals surface area contributed by atoms with Crippen molar-refractivity contribution in [1.82, 2.24) is 24.3 Å². The molecule has 0 radical (unpaired) electrons. The van der Waals surface area contributed by atoms with Crippen molar-refractivity contribution in [2.24, 2.45) is 0 Å². The molecule has 1 saturated heterocycles. The standard InChI is InChI=1S/C35H34N8O3S/c44-34(38-26-8-2-1-3-9-26)39-27-10-4-7-25(23-27)31-32(43-18-22-47-35(43)41-31)30-13-14-36-33(40-30)37-28-11-5-12-29(24-28)46-19-6-15-42-16-20-45-21-17-42/h1-5,7-14,18,22-24H,6,15-17,19-21H2,(H,36,37,40)(H2,38,39,44). The minimum absolute atomic E-state index is 0.326. The number of ether oxygens (including phenoxy) is 2. The fourth-order valence-electron chi connectivity index (χ4n) is 5.44. The minimum atomic E-state index is -0.326. The first kappa shape index (κ1) is 30.4. The van der Waals surface area contributed by atoms with Gasteiger partial charge >= 0.3 is 6.03 Å². The van der Waals surface area contributed by atoms with E-state index in [0.717, 1.165) is 72.6 Å². The Kier molecular flexibility index (Phi) is 9.31. The molecule has 238 valence electrons. The largest absolute Gasteiger partial charge is 0.493 e. The zero-order valence-corrected chi connectivity index (χ0v) is 26.5. The summed E-state index contributed by atoms with van der Waals surface area (Å²) in [5, 5.41) is 11.1. The van der Waals surface area contributed by atoms with E-state index < -0.39 is 0 Å². The Morgan fingerprint density at radius 3 is 2.60 bits per heavy atom. The second-order valence-electron chi connectivity index (χ2n) is 11.0. The Labute approximate surface area is 276 Å². The number of morpholine rings is 1. The number of para-hydroxylation sites is 1. The number of rotatable bonds is 11. The fraction of sp³-hybridized carbons (Fsp3) is 0.200. The molecule has 4 heterocycles. The van der Waals surface area contributed by atoms with Crippen molar-refractivity contribution in [2.45, 2.75) is 6.42 Å². The number of imidazole rings is 1. The van der Waals surface area contributed by atoms with Gasteiger partial charge in [-0.25, -0.2) is 19.7 Å². The summed E-state index contributed by atoms with van der Waals surface area (Å²) in [7, 11) is 0. The first-order valence-corrected chi connectivity index (χ1v) is 16.4. The highest BCUT2D eigenvalue weighted by molar-refractivity contribution is 7.15. The third-order valence-corrected chi connectivity index (χ3v) is 8.42. The zero-order chi connectivity index (χ0) is 31.8. The van der Waals surface area contributed by atoms with Gasteiger partial charge in [-0.3, -0.25) is 9.30 Å². The number of nitrogens with one attached hydrogen (secondary N) is 3. The van der Waals surface area contributed by atoms with Crippen molar-refractivity contribution in [1.29, 1.82) is 0 Å². The molecule has 3 aromatic heterocycles. The number of thiazole rings is 1. The average Bonchev–Trinajstić information content (AvgIpc) is 3.70. The number of carbonyl (C=O) groups is 1. The summed E-state index contributed by atoms with van der Waals surface area (Å²) >= 11 is 1.54. The molecule has 0 aliphatic carbocycles. The van der Waals surface area contributed by atoms with E-state index in [2.05, 4.69) is 25.8 Å². The number of aromatic nitrogens is 4. The highest BCUT2D eigenvalue weighted by Crippen LogP contribution is 2.35. The van der Waals surface area contributed by atoms with Crippen LogP contribution in [-0.4, -0.2) is 69.7 Å². The highest BCUT2D eigenvalue weighted by atomic mass is 32.1. The number of hydrogen-bond acceptors (Lipinski definition) is 9. The van der Waals surface area contributed by atoms with Crippen molar-refractivity contribution in [3.05, 3.63) is 103 Å². The number of nitrogens with zero attached hydrogens (tertiary/aromatic N) is 5. The van der Waals surface area contributed by atoms with Gasteiger partial charge in [-0.15, -0.1) is 11.3 Å². The van der Waals surface area contributed by atoms with Gasteiger partial charge in [0.05, 0.1) is 31.2 Å². The molecule has 2 amide bonds. The normalized spacial score (nSPS) is 13.4. The molecule has 0 spiro atoms. The Morgan fingerprint density at radius 1 is 0.894 bits per heavy atom. The van der Waals surface area contributed by atoms with Gasteiger partial charge in [0.15, 0.2) is 4.96 Å². The molecular weight excluding hydrogens is 613 g/mol. The topological polar surface area (TPSA) is 118 Å². The molecule has 11 nitrogen and oxygen atoms in total. The number of urea groups is 1. The summed E-state index contributed by atoms with van der Waals surface area (Å²) in [5.41, 5.74) is 5.32. The maximum atomic E-state index is 12.7. The van der Waals surface area contributed by atoms with Crippen molar-refractivity contribution in [2.75, 3.05) is 55.4 Å². The van der Waals surface area contributed by atoms with E-state index >= 15 is 0 Å². The second-order valence-corrected chi connectivity index (χ2v) is 11.8. The monoisotopic (exact) mass is 646 g/mol. The third-order valence-electron chi connectivity index (χ3n) is 7.67. The summed E-state index contributed by atoms with van der Waals surface area (Å²) in [6.07, 6.45) is 4.67. The van der Waals surface area contributed by atoms with Crippen molar-refractivity contribution >= 4 is 45.3 Å². The van der Waals surface area contributed by atoms with Crippen LogP contribution in [0.4, 0.5) is 27.8 Å². The van der Waals surface area contributed by atoms with Gasteiger partial charge in [0, 0.05) is 66.1 Å². The fourth-order valence-corrected chi connectivity index (χ4v) is 6.15. The van der Waals surface area contributed by atoms with Crippen LogP contribution in [0.3, 0.4) is 0 Å². The molecule has 1 fully saturated rings. The molecule has 0 unspecified atom stereocenters. The van der Waals surface area contributed by atoms with Crippen LogP contribution in [0.1, 0.15) is 6.42 Å². The Hall–Kier alpha value is -5.30. The maximum absolute atomic E-state index is 12.7. The summed E-state index contributed by atoms with van der Waals surface area (Å²) in [5.74, 6) is 1.24. The number of benzene rings is 3. The van der Waals surface area contributed by atoms with Crippen LogP contribution in [0.25, 0.3) is 27.6 Å². The molecule has 0 saturated carbocycles. The Bertz CT molecular complexity index is 1960. The predicted octanol–water partition coefficient (Wildman–Crippen LogP) is 7.01. The lowest BCUT2D eigenvalue weighted by Gasteiger charge is -2.26. The number of carbonyl (C=O) groups excluding carboxylic acids is 1. The van der Waals surface area contributed by atoms with Crippen molar-refractivity contribution in [3.63, 3.8) is 0 Å². The molecular formula is C35H34N8O3S. The smallest absolute Gasteiger partial charge is 0.323 e. The molecule has 1 aliphatic heterocycles. The molecule has 0 atom stereocenters. The molecule has 47 heavy (non-hydrogen) atoms. The first-order chi connectivity index (χ1) is 23.2. The van der Waals surface area contributed by atoms with Gasteiger partial charge in [-0.05, 0) is 48.9 Å². The molecule has 6 aromatic rings. The third kappa shape index (κ3) is 7.58. The lowest BCUT2D eigenvalue weighted by molar-refractivity contribution is 0.0358. The zero-order valence-electron chi connectivity index (χ0n) is 25.6. The van der Waals surface area contributed by atoms with E-state index in [-0.39, 0.29) is 6.03 Å². The van der Waals surface area contributed by atoms with Crippen molar-refractivity contribution in [3.8, 4) is 28.4 Å². The van der Waals surface area contributed by atoms with Crippen LogP contribution in [0, 0.1) is 0 Å². The highest BCUT2D eigenvalue weighted by Gasteiger charge is 2.19. The summed E-state index contributed by atoms with van der Waals surface area (Å²) in [4.78, 5) is 30.2.